The van der Waals surface area contributed by atoms with Crippen LogP contribution in [0.1, 0.15) is 11.1 Å². The zero-order chi connectivity index (χ0) is 27.9. The first kappa shape index (κ1) is 24.7. The fourth-order valence-corrected chi connectivity index (χ4v) is 5.90. The van der Waals surface area contributed by atoms with Crippen LogP contribution in [0.5, 0.6) is 5.75 Å². The topological polar surface area (TPSA) is 46.0 Å². The minimum atomic E-state index is 0.261. The molecule has 1 aromatic heterocycles. The smallest absolute Gasteiger partial charge is 0.124 e. The third kappa shape index (κ3) is 4.32. The number of hydrogen-bond donors (Lipinski definition) is 1. The van der Waals surface area contributed by atoms with Crippen LogP contribution >= 0.6 is 0 Å². The third-order valence-corrected chi connectivity index (χ3v) is 8.04. The van der Waals surface area contributed by atoms with Crippen molar-refractivity contribution in [1.29, 1.82) is 0 Å². The first-order chi connectivity index (χ1) is 20.1. The first-order valence-electron chi connectivity index (χ1n) is 13.8. The molecule has 0 bridgehead atoms. The number of aryl methyl sites for hydroxylation is 2. The van der Waals surface area contributed by atoms with Gasteiger partial charge < -0.3 is 5.11 Å². The van der Waals surface area contributed by atoms with Gasteiger partial charge in [0.05, 0.1) is 6.20 Å². The van der Waals surface area contributed by atoms with Crippen molar-refractivity contribution in [1.82, 2.24) is 10.2 Å². The molecule has 0 atom stereocenters. The van der Waals surface area contributed by atoms with Gasteiger partial charge in [-0.2, -0.15) is 5.10 Å². The van der Waals surface area contributed by atoms with Crippen LogP contribution in [0.2, 0.25) is 0 Å². The van der Waals surface area contributed by atoms with Crippen molar-refractivity contribution in [3.8, 4) is 50.4 Å². The van der Waals surface area contributed by atoms with Crippen LogP contribution in [-0.4, -0.2) is 15.3 Å². The number of phenolic OH excluding ortho intramolecular Hbond substituents is 1. The molecule has 1 heterocycles. The summed E-state index contributed by atoms with van der Waals surface area (Å²) in [5.41, 5.74) is 10.4. The summed E-state index contributed by atoms with van der Waals surface area (Å²) in [7, 11) is 0. The molecule has 3 heteroatoms. The fourth-order valence-electron chi connectivity index (χ4n) is 5.90. The van der Waals surface area contributed by atoms with Crippen LogP contribution in [0.4, 0.5) is 0 Å². The van der Waals surface area contributed by atoms with E-state index in [0.717, 1.165) is 55.4 Å². The van der Waals surface area contributed by atoms with Gasteiger partial charge in [0.2, 0.25) is 0 Å². The zero-order valence-corrected chi connectivity index (χ0v) is 23.0. The lowest BCUT2D eigenvalue weighted by Crippen LogP contribution is -1.96. The second kappa shape index (κ2) is 10.0. The molecule has 7 rings (SSSR count). The highest BCUT2D eigenvalue weighted by molar-refractivity contribution is 6.01. The van der Waals surface area contributed by atoms with Gasteiger partial charge in [-0.05, 0) is 93.0 Å². The highest BCUT2D eigenvalue weighted by Crippen LogP contribution is 2.41. The van der Waals surface area contributed by atoms with E-state index in [4.69, 9.17) is 0 Å². The number of nitrogens with zero attached hydrogens (tertiary/aromatic N) is 2. The van der Waals surface area contributed by atoms with Gasteiger partial charge in [0.15, 0.2) is 0 Å². The largest absolute Gasteiger partial charge is 0.507 e. The van der Waals surface area contributed by atoms with Gasteiger partial charge in [-0.25, -0.2) is 0 Å². The van der Waals surface area contributed by atoms with E-state index in [1.165, 1.54) is 21.9 Å². The van der Waals surface area contributed by atoms with Gasteiger partial charge in [-0.1, -0.05) is 97.1 Å². The Morgan fingerprint density at radius 3 is 2.00 bits per heavy atom. The Balaban J connectivity index is 1.41. The summed E-state index contributed by atoms with van der Waals surface area (Å²) in [6.07, 6.45) is 1.76. The molecule has 0 unspecified atom stereocenters. The molecule has 0 aliphatic heterocycles. The van der Waals surface area contributed by atoms with E-state index in [9.17, 15) is 5.11 Å². The molecule has 0 aliphatic carbocycles. The van der Waals surface area contributed by atoms with Crippen molar-refractivity contribution >= 4 is 21.5 Å². The molecule has 196 valence electrons. The van der Waals surface area contributed by atoms with Crippen LogP contribution in [-0.2, 0) is 0 Å². The van der Waals surface area contributed by atoms with Gasteiger partial charge in [0, 0.05) is 16.7 Å². The van der Waals surface area contributed by atoms with Crippen LogP contribution in [0.3, 0.4) is 0 Å². The summed E-state index contributed by atoms with van der Waals surface area (Å²) < 4.78 is 0. The molecule has 0 saturated heterocycles. The standard InChI is InChI=1S/C38H28N2O/c1-24-14-16-28(31-13-7-10-26-8-3-5-11-30(26)31)22-34(24)33-20-21-39-40-38(33)35-23-29(17-15-25(35)2)37-32-12-6-4-9-27(32)18-19-36(37)41/h3-23,41H,1-2H3. The van der Waals surface area contributed by atoms with Crippen molar-refractivity contribution < 1.29 is 5.11 Å². The monoisotopic (exact) mass is 528 g/mol. The predicted octanol–water partition coefficient (Wildman–Crippen LogP) is 9.77. The second-order valence-corrected chi connectivity index (χ2v) is 10.6. The van der Waals surface area contributed by atoms with Crippen molar-refractivity contribution in [2.24, 2.45) is 0 Å². The molecule has 0 saturated carbocycles. The molecule has 41 heavy (non-hydrogen) atoms. The minimum Gasteiger partial charge on any atom is -0.507 e. The number of rotatable bonds is 4. The molecular weight excluding hydrogens is 500 g/mol. The molecule has 6 aromatic carbocycles. The lowest BCUT2D eigenvalue weighted by Gasteiger charge is -2.16. The van der Waals surface area contributed by atoms with Crippen LogP contribution < -0.4 is 0 Å². The quantitative estimate of drug-likeness (QED) is 0.247. The number of aromatic nitrogens is 2. The van der Waals surface area contributed by atoms with Crippen molar-refractivity contribution in [3.05, 3.63) is 139 Å². The molecule has 0 radical (unpaired) electrons. The number of aromatic hydroxyl groups is 1. The number of benzene rings is 6. The summed E-state index contributed by atoms with van der Waals surface area (Å²) in [6, 6.07) is 41.9. The molecule has 0 fully saturated rings. The number of phenols is 1. The molecule has 0 aliphatic rings. The van der Waals surface area contributed by atoms with E-state index in [-0.39, 0.29) is 5.75 Å². The van der Waals surface area contributed by atoms with E-state index in [1.54, 1.807) is 12.3 Å². The molecule has 1 N–H and O–H groups in total. The summed E-state index contributed by atoms with van der Waals surface area (Å²) in [5, 5.41) is 24.5. The van der Waals surface area contributed by atoms with Crippen LogP contribution in [0.25, 0.3) is 66.2 Å². The summed E-state index contributed by atoms with van der Waals surface area (Å²) >= 11 is 0. The lowest BCUT2D eigenvalue weighted by molar-refractivity contribution is 0.478. The van der Waals surface area contributed by atoms with E-state index in [2.05, 4.69) is 121 Å². The van der Waals surface area contributed by atoms with Gasteiger partial charge in [0.1, 0.15) is 11.4 Å². The zero-order valence-electron chi connectivity index (χ0n) is 23.0. The first-order valence-corrected chi connectivity index (χ1v) is 13.8. The molecule has 0 amide bonds. The maximum atomic E-state index is 10.9. The lowest BCUT2D eigenvalue weighted by atomic mass is 9.89. The molecular formula is C38H28N2O. The third-order valence-electron chi connectivity index (χ3n) is 8.04. The maximum absolute atomic E-state index is 10.9. The average Bonchev–Trinajstić information content (AvgIpc) is 3.01. The SMILES string of the molecule is Cc1ccc(-c2cccc3ccccc23)cc1-c1ccnnc1-c1cc(-c2c(O)ccc3ccccc23)ccc1C. The molecule has 0 spiro atoms. The van der Waals surface area contributed by atoms with Gasteiger partial charge in [0.25, 0.3) is 0 Å². The summed E-state index contributed by atoms with van der Waals surface area (Å²) in [4.78, 5) is 0. The minimum absolute atomic E-state index is 0.261. The Hall–Kier alpha value is -5.28. The predicted molar refractivity (Wildman–Crippen MR) is 170 cm³/mol. The Morgan fingerprint density at radius 2 is 1.17 bits per heavy atom. The Labute approximate surface area is 239 Å². The maximum Gasteiger partial charge on any atom is 0.124 e. The van der Waals surface area contributed by atoms with Gasteiger partial charge in [-0.3, -0.25) is 0 Å². The highest BCUT2D eigenvalue weighted by atomic mass is 16.3. The van der Waals surface area contributed by atoms with Crippen molar-refractivity contribution in [2.45, 2.75) is 13.8 Å². The Morgan fingerprint density at radius 1 is 0.512 bits per heavy atom. The van der Waals surface area contributed by atoms with E-state index < -0.39 is 0 Å². The highest BCUT2D eigenvalue weighted by Gasteiger charge is 2.17. The van der Waals surface area contributed by atoms with E-state index in [1.807, 2.05) is 18.2 Å². The van der Waals surface area contributed by atoms with Crippen LogP contribution in [0.15, 0.2) is 128 Å². The average molecular weight is 529 g/mol. The van der Waals surface area contributed by atoms with Gasteiger partial charge in [-0.15, -0.1) is 5.10 Å². The van der Waals surface area contributed by atoms with E-state index in [0.29, 0.717) is 0 Å². The Kier molecular flexibility index (Phi) is 6.06. The van der Waals surface area contributed by atoms with E-state index >= 15 is 0 Å². The van der Waals surface area contributed by atoms with Crippen molar-refractivity contribution in [3.63, 3.8) is 0 Å². The van der Waals surface area contributed by atoms with Gasteiger partial charge >= 0.3 is 0 Å². The Bertz CT molecular complexity index is 2090. The normalized spacial score (nSPS) is 11.3. The second-order valence-electron chi connectivity index (χ2n) is 10.6. The number of hydrogen-bond acceptors (Lipinski definition) is 3. The number of fused-ring (bicyclic) bond motifs is 2. The summed E-state index contributed by atoms with van der Waals surface area (Å²) in [6.45, 7) is 4.24. The van der Waals surface area contributed by atoms with Crippen LogP contribution in [0, 0.1) is 13.8 Å². The van der Waals surface area contributed by atoms with Crippen molar-refractivity contribution in [2.75, 3.05) is 0 Å². The summed E-state index contributed by atoms with van der Waals surface area (Å²) in [5.74, 6) is 0.261. The molecule has 3 nitrogen and oxygen atoms in total. The fraction of sp³-hybridized carbons (Fsp3) is 0.0526. The molecule has 7 aromatic rings.